The Balaban J connectivity index is 2.20. The number of H-pyrrole nitrogens is 2. The summed E-state index contributed by atoms with van der Waals surface area (Å²) in [5.74, 6) is -0.401. The Hall–Kier alpha value is -3.08. The highest BCUT2D eigenvalue weighted by Gasteiger charge is 2.23. The molecule has 0 bridgehead atoms. The molecule has 0 amide bonds. The van der Waals surface area contributed by atoms with Gasteiger partial charge in [-0.2, -0.15) is 0 Å². The SMILES string of the molecule is CCOC(=O)c1[nH]c2c(C=O)c3c([nH]c4ccc(C)cc43)c(C)c2c1C. The minimum Gasteiger partial charge on any atom is -0.461 e. The molecule has 0 aliphatic carbocycles. The highest BCUT2D eigenvalue weighted by molar-refractivity contribution is 6.23. The van der Waals surface area contributed by atoms with Crippen LogP contribution in [0.3, 0.4) is 0 Å². The summed E-state index contributed by atoms with van der Waals surface area (Å²) in [4.78, 5) is 30.9. The smallest absolute Gasteiger partial charge is 0.355 e. The number of benzene rings is 2. The van der Waals surface area contributed by atoms with Gasteiger partial charge in [-0.05, 0) is 51.0 Å². The first-order chi connectivity index (χ1) is 12.5. The number of aromatic amines is 2. The van der Waals surface area contributed by atoms with Crippen molar-refractivity contribution in [3.8, 4) is 0 Å². The van der Waals surface area contributed by atoms with Crippen LogP contribution < -0.4 is 0 Å². The second-order valence-electron chi connectivity index (χ2n) is 6.68. The van der Waals surface area contributed by atoms with Crippen LogP contribution in [0.5, 0.6) is 0 Å². The molecule has 26 heavy (non-hydrogen) atoms. The zero-order chi connectivity index (χ0) is 18.6. The van der Waals surface area contributed by atoms with Crippen LogP contribution in [0, 0.1) is 20.8 Å². The molecule has 0 aliphatic rings. The predicted octanol–water partition coefficient (Wildman–Crippen LogP) is 4.72. The Bertz CT molecular complexity index is 1210. The average Bonchev–Trinajstić information content (AvgIpc) is 3.15. The van der Waals surface area contributed by atoms with E-state index in [4.69, 9.17) is 4.74 Å². The molecule has 0 atom stereocenters. The number of aldehydes is 1. The summed E-state index contributed by atoms with van der Waals surface area (Å²) in [7, 11) is 0. The van der Waals surface area contributed by atoms with Crippen LogP contribution in [0.4, 0.5) is 0 Å². The third-order valence-corrected chi connectivity index (χ3v) is 5.09. The van der Waals surface area contributed by atoms with Crippen molar-refractivity contribution in [1.29, 1.82) is 0 Å². The number of aryl methyl sites for hydroxylation is 3. The molecule has 0 fully saturated rings. The number of hydrogen-bond acceptors (Lipinski definition) is 3. The Morgan fingerprint density at radius 1 is 1.08 bits per heavy atom. The topological polar surface area (TPSA) is 75.0 Å². The van der Waals surface area contributed by atoms with Crippen molar-refractivity contribution in [3.05, 3.63) is 46.1 Å². The number of carbonyl (C=O) groups excluding carboxylic acids is 2. The third kappa shape index (κ3) is 2.10. The fourth-order valence-corrected chi connectivity index (χ4v) is 3.91. The highest BCUT2D eigenvalue weighted by Crippen LogP contribution is 2.38. The van der Waals surface area contributed by atoms with E-state index >= 15 is 0 Å². The number of fused-ring (bicyclic) bond motifs is 4. The monoisotopic (exact) mass is 348 g/mol. The van der Waals surface area contributed by atoms with Crippen molar-refractivity contribution >= 4 is 45.0 Å². The van der Waals surface area contributed by atoms with Crippen molar-refractivity contribution in [3.63, 3.8) is 0 Å². The number of nitrogens with one attached hydrogen (secondary N) is 2. The van der Waals surface area contributed by atoms with Crippen LogP contribution >= 0.6 is 0 Å². The van der Waals surface area contributed by atoms with E-state index in [2.05, 4.69) is 16.0 Å². The number of esters is 1. The quantitative estimate of drug-likeness (QED) is 0.416. The van der Waals surface area contributed by atoms with Gasteiger partial charge in [-0.1, -0.05) is 11.6 Å². The lowest BCUT2D eigenvalue weighted by Crippen LogP contribution is -2.06. The van der Waals surface area contributed by atoms with Crippen LogP contribution in [0.1, 0.15) is 44.5 Å². The van der Waals surface area contributed by atoms with Crippen LogP contribution in [0.25, 0.3) is 32.7 Å². The lowest BCUT2D eigenvalue weighted by Gasteiger charge is -2.05. The van der Waals surface area contributed by atoms with Gasteiger partial charge in [-0.15, -0.1) is 0 Å². The minimum atomic E-state index is -0.401. The van der Waals surface area contributed by atoms with E-state index in [-0.39, 0.29) is 0 Å². The molecule has 5 nitrogen and oxygen atoms in total. The summed E-state index contributed by atoms with van der Waals surface area (Å²) >= 11 is 0. The molecule has 2 N–H and O–H groups in total. The Labute approximate surface area is 150 Å². The maximum atomic E-state index is 12.3. The predicted molar refractivity (Wildman–Crippen MR) is 103 cm³/mol. The number of ether oxygens (including phenoxy) is 1. The molecule has 0 radical (unpaired) electrons. The lowest BCUT2D eigenvalue weighted by molar-refractivity contribution is 0.0519. The molecule has 132 valence electrons. The number of rotatable bonds is 3. The molecule has 0 saturated carbocycles. The second-order valence-corrected chi connectivity index (χ2v) is 6.68. The number of hydrogen-bond donors (Lipinski definition) is 2. The third-order valence-electron chi connectivity index (χ3n) is 5.09. The largest absolute Gasteiger partial charge is 0.461 e. The maximum Gasteiger partial charge on any atom is 0.355 e. The molecule has 0 unspecified atom stereocenters. The molecule has 0 spiro atoms. The maximum absolute atomic E-state index is 12.3. The van der Waals surface area contributed by atoms with Gasteiger partial charge in [-0.3, -0.25) is 4.79 Å². The molecule has 0 aliphatic heterocycles. The first-order valence-electron chi connectivity index (χ1n) is 8.67. The number of carbonyl (C=O) groups is 2. The summed E-state index contributed by atoms with van der Waals surface area (Å²) in [5, 5.41) is 2.79. The summed E-state index contributed by atoms with van der Waals surface area (Å²) < 4.78 is 5.15. The highest BCUT2D eigenvalue weighted by atomic mass is 16.5. The number of aromatic nitrogens is 2. The van der Waals surface area contributed by atoms with E-state index in [1.54, 1.807) is 6.92 Å². The Kier molecular flexibility index (Phi) is 3.61. The molecule has 2 aromatic heterocycles. The molecular weight excluding hydrogens is 328 g/mol. The standard InChI is InChI=1S/C21H20N2O3/c1-5-26-21(25)19-12(4)16-11(3)18-17(14(9-24)20(16)23-19)13-8-10(2)6-7-15(13)22-18/h6-9,22-23H,5H2,1-4H3. The summed E-state index contributed by atoms with van der Waals surface area (Å²) in [6, 6.07) is 6.15. The summed E-state index contributed by atoms with van der Waals surface area (Å²) in [6.45, 7) is 8.00. The van der Waals surface area contributed by atoms with Crippen molar-refractivity contribution in [2.24, 2.45) is 0 Å². The van der Waals surface area contributed by atoms with Gasteiger partial charge in [0.2, 0.25) is 0 Å². The van der Waals surface area contributed by atoms with Gasteiger partial charge < -0.3 is 14.7 Å². The van der Waals surface area contributed by atoms with Gasteiger partial charge in [0.05, 0.1) is 17.6 Å². The molecule has 5 heteroatoms. The van der Waals surface area contributed by atoms with E-state index < -0.39 is 5.97 Å². The van der Waals surface area contributed by atoms with Gasteiger partial charge >= 0.3 is 5.97 Å². The van der Waals surface area contributed by atoms with Crippen molar-refractivity contribution in [2.45, 2.75) is 27.7 Å². The molecule has 2 aromatic carbocycles. The molecule has 2 heterocycles. The fraction of sp³-hybridized carbons (Fsp3) is 0.238. The van der Waals surface area contributed by atoms with Crippen LogP contribution in [-0.4, -0.2) is 28.8 Å². The van der Waals surface area contributed by atoms with Crippen molar-refractivity contribution in [2.75, 3.05) is 6.61 Å². The van der Waals surface area contributed by atoms with Crippen LogP contribution in [0.2, 0.25) is 0 Å². The first kappa shape index (κ1) is 16.4. The normalized spacial score (nSPS) is 11.5. The molecule has 0 saturated heterocycles. The Morgan fingerprint density at radius 2 is 1.85 bits per heavy atom. The second kappa shape index (κ2) is 5.73. The zero-order valence-corrected chi connectivity index (χ0v) is 15.2. The van der Waals surface area contributed by atoms with Gasteiger partial charge in [0.25, 0.3) is 0 Å². The van der Waals surface area contributed by atoms with E-state index in [1.165, 1.54) is 0 Å². The fourth-order valence-electron chi connectivity index (χ4n) is 3.91. The van der Waals surface area contributed by atoms with Gasteiger partial charge in [0.15, 0.2) is 6.29 Å². The zero-order valence-electron chi connectivity index (χ0n) is 15.2. The van der Waals surface area contributed by atoms with Gasteiger partial charge in [-0.25, -0.2) is 4.79 Å². The van der Waals surface area contributed by atoms with Crippen LogP contribution in [-0.2, 0) is 4.74 Å². The minimum absolute atomic E-state index is 0.303. The van der Waals surface area contributed by atoms with E-state index in [1.807, 2.05) is 32.9 Å². The van der Waals surface area contributed by atoms with Gasteiger partial charge in [0.1, 0.15) is 5.69 Å². The molecule has 4 aromatic rings. The van der Waals surface area contributed by atoms with E-state index in [9.17, 15) is 9.59 Å². The Morgan fingerprint density at radius 3 is 2.54 bits per heavy atom. The van der Waals surface area contributed by atoms with E-state index in [0.29, 0.717) is 23.4 Å². The lowest BCUT2D eigenvalue weighted by atomic mass is 9.97. The molecular formula is C21H20N2O3. The van der Waals surface area contributed by atoms with Gasteiger partial charge in [0, 0.05) is 27.2 Å². The summed E-state index contributed by atoms with van der Waals surface area (Å²) in [5.41, 5.74) is 6.52. The van der Waals surface area contributed by atoms with E-state index in [0.717, 1.165) is 50.2 Å². The molecule has 4 rings (SSSR count). The first-order valence-corrected chi connectivity index (χ1v) is 8.67. The van der Waals surface area contributed by atoms with Crippen molar-refractivity contribution in [1.82, 2.24) is 9.97 Å². The average molecular weight is 348 g/mol. The van der Waals surface area contributed by atoms with Crippen molar-refractivity contribution < 1.29 is 14.3 Å². The van der Waals surface area contributed by atoms with Crippen LogP contribution in [0.15, 0.2) is 18.2 Å². The summed E-state index contributed by atoms with van der Waals surface area (Å²) in [6.07, 6.45) is 0.866.